The number of carbonyl (C=O) groups is 1. The van der Waals surface area contributed by atoms with E-state index in [0.717, 1.165) is 23.9 Å². The van der Waals surface area contributed by atoms with Gasteiger partial charge in [-0.15, -0.1) is 0 Å². The van der Waals surface area contributed by atoms with Gasteiger partial charge in [-0.25, -0.2) is 4.98 Å². The number of hydrogen-bond donors (Lipinski definition) is 2. The van der Waals surface area contributed by atoms with Gasteiger partial charge in [0.2, 0.25) is 0 Å². The van der Waals surface area contributed by atoms with Crippen molar-refractivity contribution in [1.82, 2.24) is 10.3 Å². The second-order valence-electron chi connectivity index (χ2n) is 5.38. The van der Waals surface area contributed by atoms with Crippen molar-refractivity contribution in [3.63, 3.8) is 0 Å². The molecule has 2 aromatic rings. The minimum atomic E-state index is -4.53. The van der Waals surface area contributed by atoms with Crippen LogP contribution in [0, 0.1) is 0 Å². The van der Waals surface area contributed by atoms with E-state index in [-0.39, 0.29) is 5.69 Å². The van der Waals surface area contributed by atoms with E-state index >= 15 is 0 Å². The monoisotopic (exact) mass is 380 g/mol. The molecule has 1 aliphatic rings. The van der Waals surface area contributed by atoms with Crippen LogP contribution < -0.4 is 10.6 Å². The smallest absolute Gasteiger partial charge is 0.346 e. The highest BCUT2D eigenvalue weighted by molar-refractivity contribution is 6.30. The number of nitrogens with one attached hydrogen (secondary N) is 2. The fourth-order valence-electron chi connectivity index (χ4n) is 2.27. The van der Waals surface area contributed by atoms with Crippen molar-refractivity contribution in [2.75, 3.05) is 5.32 Å². The summed E-state index contributed by atoms with van der Waals surface area (Å²) in [7, 11) is 0. The Balaban J connectivity index is 1.73. The summed E-state index contributed by atoms with van der Waals surface area (Å²) in [6, 6.07) is 8.15. The third kappa shape index (κ3) is 4.20. The zero-order valence-electron chi connectivity index (χ0n) is 13.1. The highest BCUT2D eigenvalue weighted by atomic mass is 35.5. The summed E-state index contributed by atoms with van der Waals surface area (Å²) in [4.78, 5) is 19.6. The van der Waals surface area contributed by atoms with Crippen molar-refractivity contribution in [3.8, 4) is 0 Å². The van der Waals surface area contributed by atoms with E-state index in [4.69, 9.17) is 11.6 Å². The highest BCUT2D eigenvalue weighted by Gasteiger charge is 2.32. The molecular formula is C17H12ClF3N4O. The Bertz CT molecular complexity index is 878. The predicted molar refractivity (Wildman–Crippen MR) is 92.7 cm³/mol. The summed E-state index contributed by atoms with van der Waals surface area (Å²) in [5, 5.41) is 5.97. The lowest BCUT2D eigenvalue weighted by atomic mass is 10.1. The molecule has 0 saturated heterocycles. The third-order valence-electron chi connectivity index (χ3n) is 3.51. The molecule has 1 unspecified atom stereocenters. The highest BCUT2D eigenvalue weighted by Crippen LogP contribution is 2.28. The maximum absolute atomic E-state index is 12.5. The minimum Gasteiger partial charge on any atom is -0.346 e. The molecule has 0 bridgehead atoms. The van der Waals surface area contributed by atoms with Crippen molar-refractivity contribution >= 4 is 35.2 Å². The first-order valence-corrected chi connectivity index (χ1v) is 7.81. The Morgan fingerprint density at radius 1 is 1.23 bits per heavy atom. The average Bonchev–Trinajstić information content (AvgIpc) is 2.61. The molecule has 1 atom stereocenters. The molecule has 1 aromatic carbocycles. The van der Waals surface area contributed by atoms with Crippen molar-refractivity contribution in [2.24, 2.45) is 4.99 Å². The molecular weight excluding hydrogens is 369 g/mol. The average molecular weight is 381 g/mol. The Morgan fingerprint density at radius 2 is 2.04 bits per heavy atom. The molecule has 134 valence electrons. The van der Waals surface area contributed by atoms with E-state index in [9.17, 15) is 18.0 Å². The molecule has 1 aliphatic heterocycles. The van der Waals surface area contributed by atoms with Crippen molar-refractivity contribution in [2.45, 2.75) is 12.2 Å². The minimum absolute atomic E-state index is 0.148. The third-order valence-corrected chi connectivity index (χ3v) is 3.74. The maximum atomic E-state index is 12.5. The molecule has 0 fully saturated rings. The number of carbonyl (C=O) groups excluding carboxylic acids is 1. The Kier molecular flexibility index (Phi) is 4.94. The van der Waals surface area contributed by atoms with Crippen molar-refractivity contribution in [1.29, 1.82) is 0 Å². The van der Waals surface area contributed by atoms with Crippen LogP contribution in [0.2, 0.25) is 5.02 Å². The van der Waals surface area contributed by atoms with Crippen LogP contribution in [0.5, 0.6) is 0 Å². The van der Waals surface area contributed by atoms with Gasteiger partial charge in [-0.2, -0.15) is 13.2 Å². The predicted octanol–water partition coefficient (Wildman–Crippen LogP) is 3.73. The van der Waals surface area contributed by atoms with E-state index in [1.165, 1.54) is 6.34 Å². The topological polar surface area (TPSA) is 66.4 Å². The molecule has 1 aromatic heterocycles. The molecule has 9 heteroatoms. The number of rotatable bonds is 3. The number of benzene rings is 1. The molecule has 2 N–H and O–H groups in total. The van der Waals surface area contributed by atoms with Crippen LogP contribution in [0.4, 0.5) is 18.9 Å². The van der Waals surface area contributed by atoms with Crippen LogP contribution in [0.15, 0.2) is 53.7 Å². The summed E-state index contributed by atoms with van der Waals surface area (Å²) < 4.78 is 37.5. The summed E-state index contributed by atoms with van der Waals surface area (Å²) in [5.41, 5.74) is 0.541. The van der Waals surface area contributed by atoms with Gasteiger partial charge in [-0.1, -0.05) is 23.7 Å². The fourth-order valence-corrected chi connectivity index (χ4v) is 2.46. The van der Waals surface area contributed by atoms with Crippen molar-refractivity contribution < 1.29 is 18.0 Å². The van der Waals surface area contributed by atoms with E-state index in [1.807, 2.05) is 6.07 Å². The van der Waals surface area contributed by atoms with Crippen molar-refractivity contribution in [3.05, 3.63) is 65.0 Å². The molecule has 1 amide bonds. The lowest BCUT2D eigenvalue weighted by molar-refractivity contribution is -0.141. The van der Waals surface area contributed by atoms with Gasteiger partial charge >= 0.3 is 6.18 Å². The number of alkyl halides is 3. The molecule has 2 heterocycles. The lowest BCUT2D eigenvalue weighted by Crippen LogP contribution is -2.30. The summed E-state index contributed by atoms with van der Waals surface area (Å²) in [5.74, 6) is -0.496. The Hall–Kier alpha value is -2.87. The van der Waals surface area contributed by atoms with Gasteiger partial charge in [0.05, 0.1) is 18.2 Å². The molecule has 5 nitrogen and oxygen atoms in total. The second-order valence-corrected chi connectivity index (χ2v) is 5.81. The SMILES string of the molecule is O=C(Nc1ccc(C(F)(F)F)nc1)C1C=C(c2cccc(Cl)c2)NC=N1. The second kappa shape index (κ2) is 7.17. The lowest BCUT2D eigenvalue weighted by Gasteiger charge is -2.17. The number of aliphatic imine (C=N–C) groups is 1. The van der Waals surface area contributed by atoms with Crippen LogP contribution in [0.3, 0.4) is 0 Å². The molecule has 3 rings (SSSR count). The van der Waals surface area contributed by atoms with Crippen LogP contribution in [0.1, 0.15) is 11.3 Å². The zero-order valence-corrected chi connectivity index (χ0v) is 13.8. The van der Waals surface area contributed by atoms with Gasteiger partial charge in [0, 0.05) is 10.7 Å². The van der Waals surface area contributed by atoms with E-state index in [1.54, 1.807) is 24.3 Å². The number of anilines is 1. The van der Waals surface area contributed by atoms with E-state index < -0.39 is 23.8 Å². The van der Waals surface area contributed by atoms with Gasteiger partial charge in [-0.05, 0) is 35.9 Å². The summed E-state index contributed by atoms with van der Waals surface area (Å²) >= 11 is 5.96. The van der Waals surface area contributed by atoms with Gasteiger partial charge in [0.25, 0.3) is 5.91 Å². The van der Waals surface area contributed by atoms with E-state index in [0.29, 0.717) is 10.7 Å². The summed E-state index contributed by atoms with van der Waals surface area (Å²) in [6.07, 6.45) is -0.604. The number of amides is 1. The zero-order chi connectivity index (χ0) is 18.7. The number of nitrogens with zero attached hydrogens (tertiary/aromatic N) is 2. The maximum Gasteiger partial charge on any atom is 0.433 e. The van der Waals surface area contributed by atoms with Crippen LogP contribution >= 0.6 is 11.6 Å². The van der Waals surface area contributed by atoms with Gasteiger partial charge in [0.15, 0.2) is 6.04 Å². The number of hydrogen-bond acceptors (Lipinski definition) is 4. The molecule has 0 radical (unpaired) electrons. The standard InChI is InChI=1S/C17H12ClF3N4O/c18-11-3-1-2-10(6-11)13-7-14(24-9-23-13)16(26)25-12-4-5-15(22-8-12)17(19,20)21/h1-9,14H,(H,23,24)(H,25,26). The number of aromatic nitrogens is 1. The molecule has 0 spiro atoms. The first kappa shape index (κ1) is 17.9. The van der Waals surface area contributed by atoms with Gasteiger partial charge in [-0.3, -0.25) is 9.79 Å². The quantitative estimate of drug-likeness (QED) is 0.852. The summed E-state index contributed by atoms with van der Waals surface area (Å²) in [6.45, 7) is 0. The Morgan fingerprint density at radius 3 is 2.69 bits per heavy atom. The number of halogens is 4. The van der Waals surface area contributed by atoms with Crippen LogP contribution in [-0.4, -0.2) is 23.3 Å². The molecule has 0 aliphatic carbocycles. The number of pyridine rings is 1. The van der Waals surface area contributed by atoms with Gasteiger partial charge < -0.3 is 10.6 Å². The fraction of sp³-hybridized carbons (Fsp3) is 0.118. The first-order chi connectivity index (χ1) is 12.3. The van der Waals surface area contributed by atoms with Gasteiger partial charge in [0.1, 0.15) is 5.69 Å². The first-order valence-electron chi connectivity index (χ1n) is 7.43. The van der Waals surface area contributed by atoms with Crippen LogP contribution in [-0.2, 0) is 11.0 Å². The van der Waals surface area contributed by atoms with E-state index in [2.05, 4.69) is 20.6 Å². The normalized spacial score (nSPS) is 16.6. The molecule has 0 saturated carbocycles. The molecule has 26 heavy (non-hydrogen) atoms. The largest absolute Gasteiger partial charge is 0.433 e. The Labute approximate surface area is 151 Å². The van der Waals surface area contributed by atoms with Crippen LogP contribution in [0.25, 0.3) is 5.70 Å².